The predicted molar refractivity (Wildman–Crippen MR) is 96.7 cm³/mol. The summed E-state index contributed by atoms with van der Waals surface area (Å²) in [5.41, 5.74) is 4.37. The van der Waals surface area contributed by atoms with Crippen molar-refractivity contribution in [3.05, 3.63) is 84.9 Å². The molecule has 23 heavy (non-hydrogen) atoms. The Morgan fingerprint density at radius 2 is 1.35 bits per heavy atom. The molecule has 0 saturated carbocycles. The van der Waals surface area contributed by atoms with Crippen LogP contribution in [0, 0.1) is 0 Å². The quantitative estimate of drug-likeness (QED) is 0.348. The van der Waals surface area contributed by atoms with Gasteiger partial charge in [-0.05, 0) is 28.6 Å². The first-order valence-corrected chi connectivity index (χ1v) is 7.80. The summed E-state index contributed by atoms with van der Waals surface area (Å²) >= 11 is 0. The highest BCUT2D eigenvalue weighted by Gasteiger charge is 2.13. The fraction of sp³-hybridized carbons (Fsp3) is 0. The first-order chi connectivity index (χ1) is 11.4. The van der Waals surface area contributed by atoms with Crippen molar-refractivity contribution in [2.75, 3.05) is 0 Å². The molecule has 0 spiro atoms. The van der Waals surface area contributed by atoms with Crippen LogP contribution in [0.15, 0.2) is 89.3 Å². The number of hydrogen-bond acceptors (Lipinski definition) is 1. The Bertz CT molecular complexity index is 1150. The lowest BCUT2D eigenvalue weighted by molar-refractivity contribution is 0.669. The summed E-state index contributed by atoms with van der Waals surface area (Å²) < 4.78 is 6.05. The molecule has 0 atom stereocenters. The highest BCUT2D eigenvalue weighted by atomic mass is 16.3. The number of para-hydroxylation sites is 1. The minimum absolute atomic E-state index is 0.942. The van der Waals surface area contributed by atoms with Crippen LogP contribution >= 0.6 is 0 Å². The van der Waals surface area contributed by atoms with Crippen molar-refractivity contribution in [2.45, 2.75) is 0 Å². The molecule has 0 amide bonds. The van der Waals surface area contributed by atoms with E-state index in [4.69, 9.17) is 4.42 Å². The van der Waals surface area contributed by atoms with Gasteiger partial charge in [0.25, 0.3) is 0 Å². The summed E-state index contributed by atoms with van der Waals surface area (Å²) in [7, 11) is 0. The number of hydrogen-bond donors (Lipinski definition) is 0. The second-order valence-corrected chi connectivity index (χ2v) is 5.81. The van der Waals surface area contributed by atoms with Crippen LogP contribution in [0.1, 0.15) is 0 Å². The molecule has 5 aromatic rings. The molecular weight excluding hydrogens is 280 g/mol. The van der Waals surface area contributed by atoms with Gasteiger partial charge in [-0.25, -0.2) is 0 Å². The maximum atomic E-state index is 6.05. The molecule has 0 fully saturated rings. The van der Waals surface area contributed by atoms with Crippen LogP contribution < -0.4 is 0 Å². The summed E-state index contributed by atoms with van der Waals surface area (Å²) in [5, 5.41) is 4.89. The van der Waals surface area contributed by atoms with Crippen molar-refractivity contribution in [1.82, 2.24) is 0 Å². The minimum atomic E-state index is 0.942. The lowest BCUT2D eigenvalue weighted by Gasteiger charge is -2.08. The zero-order chi connectivity index (χ0) is 15.2. The van der Waals surface area contributed by atoms with E-state index in [0.29, 0.717) is 0 Å². The molecule has 5 rings (SSSR count). The van der Waals surface area contributed by atoms with Crippen LogP contribution in [0.4, 0.5) is 0 Å². The first-order valence-electron chi connectivity index (χ1n) is 7.80. The van der Waals surface area contributed by atoms with Gasteiger partial charge < -0.3 is 4.42 Å². The number of fused-ring (bicyclic) bond motifs is 5. The van der Waals surface area contributed by atoms with Gasteiger partial charge >= 0.3 is 0 Å². The van der Waals surface area contributed by atoms with Gasteiger partial charge in [0.15, 0.2) is 0 Å². The van der Waals surface area contributed by atoms with Crippen LogP contribution in [-0.4, -0.2) is 0 Å². The third-order valence-corrected chi connectivity index (χ3v) is 4.47. The normalized spacial score (nSPS) is 11.5. The van der Waals surface area contributed by atoms with Gasteiger partial charge in [-0.2, -0.15) is 0 Å². The van der Waals surface area contributed by atoms with E-state index < -0.39 is 0 Å². The number of furan rings is 1. The Hall–Kier alpha value is -3.06. The first kappa shape index (κ1) is 12.5. The monoisotopic (exact) mass is 294 g/mol. The molecular formula is C22H14O. The van der Waals surface area contributed by atoms with Crippen molar-refractivity contribution in [3.8, 4) is 11.1 Å². The average molecular weight is 294 g/mol. The van der Waals surface area contributed by atoms with E-state index in [1.165, 1.54) is 32.7 Å². The van der Waals surface area contributed by atoms with Crippen LogP contribution in [0.25, 0.3) is 43.8 Å². The van der Waals surface area contributed by atoms with E-state index in [2.05, 4.69) is 72.8 Å². The van der Waals surface area contributed by atoms with E-state index in [1.807, 2.05) is 12.1 Å². The molecule has 0 radical (unpaired) electrons. The van der Waals surface area contributed by atoms with Crippen molar-refractivity contribution < 1.29 is 4.42 Å². The molecule has 1 heteroatoms. The molecule has 1 nitrogen and oxygen atoms in total. The zero-order valence-electron chi connectivity index (χ0n) is 12.5. The van der Waals surface area contributed by atoms with Crippen molar-refractivity contribution in [3.63, 3.8) is 0 Å². The second-order valence-electron chi connectivity index (χ2n) is 5.81. The van der Waals surface area contributed by atoms with Crippen molar-refractivity contribution >= 4 is 32.7 Å². The molecule has 0 bridgehead atoms. The molecule has 108 valence electrons. The third-order valence-electron chi connectivity index (χ3n) is 4.47. The summed E-state index contributed by atoms with van der Waals surface area (Å²) in [6, 6.07) is 29.5. The molecule has 0 unspecified atom stereocenters. The van der Waals surface area contributed by atoms with Crippen LogP contribution in [0.5, 0.6) is 0 Å². The highest BCUT2D eigenvalue weighted by molar-refractivity contribution is 6.22. The van der Waals surface area contributed by atoms with Gasteiger partial charge in [0, 0.05) is 16.2 Å². The van der Waals surface area contributed by atoms with E-state index in [0.717, 1.165) is 11.2 Å². The topological polar surface area (TPSA) is 13.1 Å². The molecule has 1 heterocycles. The van der Waals surface area contributed by atoms with Crippen LogP contribution in [0.2, 0.25) is 0 Å². The summed E-state index contributed by atoms with van der Waals surface area (Å²) in [4.78, 5) is 0. The number of benzene rings is 4. The van der Waals surface area contributed by atoms with Gasteiger partial charge in [-0.15, -0.1) is 0 Å². The Kier molecular flexibility index (Phi) is 2.56. The summed E-state index contributed by atoms with van der Waals surface area (Å²) in [6.45, 7) is 0. The molecule has 0 saturated heterocycles. The Labute approximate surface area is 133 Å². The van der Waals surface area contributed by atoms with E-state index >= 15 is 0 Å². The van der Waals surface area contributed by atoms with E-state index in [9.17, 15) is 0 Å². The molecule has 0 aliphatic rings. The Morgan fingerprint density at radius 1 is 0.522 bits per heavy atom. The van der Waals surface area contributed by atoms with Crippen LogP contribution in [0.3, 0.4) is 0 Å². The molecule has 1 aromatic heterocycles. The SMILES string of the molecule is c1ccc(-c2cccc3ccc4oc5ccccc5c4c23)cc1. The van der Waals surface area contributed by atoms with Crippen molar-refractivity contribution in [2.24, 2.45) is 0 Å². The van der Waals surface area contributed by atoms with Gasteiger partial charge in [0.05, 0.1) is 0 Å². The molecule has 0 aliphatic carbocycles. The highest BCUT2D eigenvalue weighted by Crippen LogP contribution is 2.39. The average Bonchev–Trinajstić information content (AvgIpc) is 3.01. The Morgan fingerprint density at radius 3 is 2.26 bits per heavy atom. The zero-order valence-corrected chi connectivity index (χ0v) is 12.5. The largest absolute Gasteiger partial charge is 0.456 e. The number of rotatable bonds is 1. The summed E-state index contributed by atoms with van der Waals surface area (Å²) in [6.07, 6.45) is 0. The van der Waals surface area contributed by atoms with E-state index in [-0.39, 0.29) is 0 Å². The molecule has 0 aliphatic heterocycles. The summed E-state index contributed by atoms with van der Waals surface area (Å²) in [5.74, 6) is 0. The smallest absolute Gasteiger partial charge is 0.136 e. The fourth-order valence-electron chi connectivity index (χ4n) is 3.45. The van der Waals surface area contributed by atoms with Gasteiger partial charge in [-0.1, -0.05) is 72.8 Å². The maximum Gasteiger partial charge on any atom is 0.136 e. The minimum Gasteiger partial charge on any atom is -0.456 e. The van der Waals surface area contributed by atoms with Crippen molar-refractivity contribution in [1.29, 1.82) is 0 Å². The lowest BCUT2D eigenvalue weighted by atomic mass is 9.95. The maximum absolute atomic E-state index is 6.05. The molecule has 0 N–H and O–H groups in total. The fourth-order valence-corrected chi connectivity index (χ4v) is 3.45. The standard InChI is InChI=1S/C22H14O/c1-2-7-15(8-3-1)17-11-6-9-16-13-14-20-22(21(16)17)18-10-4-5-12-19(18)23-20/h1-14H. The predicted octanol–water partition coefficient (Wildman–Crippen LogP) is 6.41. The molecule has 4 aromatic carbocycles. The van der Waals surface area contributed by atoms with Crippen LogP contribution in [-0.2, 0) is 0 Å². The lowest BCUT2D eigenvalue weighted by Crippen LogP contribution is -1.82. The Balaban J connectivity index is 2.04. The van der Waals surface area contributed by atoms with Gasteiger partial charge in [0.1, 0.15) is 11.2 Å². The third kappa shape index (κ3) is 1.80. The second kappa shape index (κ2) is 4.72. The van der Waals surface area contributed by atoms with Gasteiger partial charge in [-0.3, -0.25) is 0 Å². The van der Waals surface area contributed by atoms with Gasteiger partial charge in [0.2, 0.25) is 0 Å². The van der Waals surface area contributed by atoms with E-state index in [1.54, 1.807) is 0 Å².